The van der Waals surface area contributed by atoms with Gasteiger partial charge in [-0.05, 0) is 38.5 Å². The summed E-state index contributed by atoms with van der Waals surface area (Å²) in [5.74, 6) is 0.882. The highest BCUT2D eigenvalue weighted by atomic mass is 16.1. The minimum atomic E-state index is -0.217. The molecule has 0 radical (unpaired) electrons. The zero-order valence-corrected chi connectivity index (χ0v) is 10.3. The van der Waals surface area contributed by atoms with Crippen molar-refractivity contribution in [3.63, 3.8) is 0 Å². The lowest BCUT2D eigenvalue weighted by atomic mass is 9.80. The Morgan fingerprint density at radius 2 is 2.00 bits per heavy atom. The lowest BCUT2D eigenvalue weighted by Gasteiger charge is -2.33. The van der Waals surface area contributed by atoms with Crippen molar-refractivity contribution in [2.24, 2.45) is 11.7 Å². The average molecular weight is 224 g/mol. The van der Waals surface area contributed by atoms with Crippen molar-refractivity contribution >= 4 is 5.91 Å². The van der Waals surface area contributed by atoms with Crippen LogP contribution in [0.5, 0.6) is 0 Å². The second-order valence-electron chi connectivity index (χ2n) is 5.79. The molecule has 0 saturated heterocycles. The minimum Gasteiger partial charge on any atom is -0.353 e. The van der Waals surface area contributed by atoms with Gasteiger partial charge in [-0.25, -0.2) is 0 Å². The number of hydrogen-bond donors (Lipinski definition) is 2. The first-order chi connectivity index (χ1) is 7.59. The van der Waals surface area contributed by atoms with Crippen molar-refractivity contribution in [1.29, 1.82) is 0 Å². The predicted molar refractivity (Wildman–Crippen MR) is 64.9 cm³/mol. The Morgan fingerprint density at radius 3 is 2.56 bits per heavy atom. The topological polar surface area (TPSA) is 55.1 Å². The van der Waals surface area contributed by atoms with Gasteiger partial charge in [-0.1, -0.05) is 19.3 Å². The van der Waals surface area contributed by atoms with E-state index < -0.39 is 0 Å². The van der Waals surface area contributed by atoms with Gasteiger partial charge in [-0.2, -0.15) is 0 Å². The normalized spacial score (nSPS) is 26.1. The van der Waals surface area contributed by atoms with Crippen LogP contribution in [0.3, 0.4) is 0 Å². The van der Waals surface area contributed by atoms with Crippen LogP contribution in [0.2, 0.25) is 0 Å². The monoisotopic (exact) mass is 224 g/mol. The standard InChI is InChI=1S/C13H24N2O/c1-10(11-5-6-11)15-12(16)9-13(14)7-3-2-4-8-13/h10-11H,2-9,14H2,1H3,(H,15,16). The van der Waals surface area contributed by atoms with E-state index in [9.17, 15) is 4.79 Å². The number of nitrogens with two attached hydrogens (primary N) is 1. The molecule has 2 fully saturated rings. The lowest BCUT2D eigenvalue weighted by Crippen LogP contribution is -2.47. The molecular weight excluding hydrogens is 200 g/mol. The second kappa shape index (κ2) is 4.74. The maximum atomic E-state index is 11.9. The molecule has 0 aromatic heterocycles. The van der Waals surface area contributed by atoms with Gasteiger partial charge in [0.25, 0.3) is 0 Å². The molecule has 2 aliphatic rings. The molecule has 0 spiro atoms. The van der Waals surface area contributed by atoms with Crippen LogP contribution in [-0.4, -0.2) is 17.5 Å². The number of hydrogen-bond acceptors (Lipinski definition) is 2. The summed E-state index contributed by atoms with van der Waals surface area (Å²) in [5, 5.41) is 3.10. The summed E-state index contributed by atoms with van der Waals surface area (Å²) in [4.78, 5) is 11.9. The molecule has 3 nitrogen and oxygen atoms in total. The zero-order chi connectivity index (χ0) is 11.6. The summed E-state index contributed by atoms with van der Waals surface area (Å²) >= 11 is 0. The minimum absolute atomic E-state index is 0.156. The Hall–Kier alpha value is -0.570. The first-order valence-electron chi connectivity index (χ1n) is 6.67. The Bertz CT molecular complexity index is 255. The quantitative estimate of drug-likeness (QED) is 0.767. The zero-order valence-electron chi connectivity index (χ0n) is 10.3. The van der Waals surface area contributed by atoms with Crippen LogP contribution in [0, 0.1) is 5.92 Å². The third kappa shape index (κ3) is 3.21. The molecule has 0 heterocycles. The van der Waals surface area contributed by atoms with Crippen molar-refractivity contribution in [1.82, 2.24) is 5.32 Å². The van der Waals surface area contributed by atoms with Gasteiger partial charge in [-0.15, -0.1) is 0 Å². The Labute approximate surface area is 98.2 Å². The fourth-order valence-corrected chi connectivity index (χ4v) is 2.77. The summed E-state index contributed by atoms with van der Waals surface area (Å²) in [6.07, 6.45) is 8.73. The van der Waals surface area contributed by atoms with Crippen LogP contribution in [0.25, 0.3) is 0 Å². The van der Waals surface area contributed by atoms with Crippen LogP contribution in [0.4, 0.5) is 0 Å². The maximum Gasteiger partial charge on any atom is 0.222 e. The Balaban J connectivity index is 1.76. The van der Waals surface area contributed by atoms with Gasteiger partial charge in [-0.3, -0.25) is 4.79 Å². The first kappa shape index (κ1) is 11.9. The van der Waals surface area contributed by atoms with E-state index in [1.165, 1.54) is 32.1 Å². The van der Waals surface area contributed by atoms with Crippen molar-refractivity contribution < 1.29 is 4.79 Å². The van der Waals surface area contributed by atoms with E-state index >= 15 is 0 Å². The van der Waals surface area contributed by atoms with E-state index in [2.05, 4.69) is 12.2 Å². The fraction of sp³-hybridized carbons (Fsp3) is 0.923. The molecule has 1 atom stereocenters. The molecule has 3 heteroatoms. The maximum absolute atomic E-state index is 11.9. The molecule has 16 heavy (non-hydrogen) atoms. The number of amides is 1. The smallest absolute Gasteiger partial charge is 0.222 e. The highest BCUT2D eigenvalue weighted by molar-refractivity contribution is 5.77. The third-order valence-corrected chi connectivity index (χ3v) is 4.08. The van der Waals surface area contributed by atoms with Gasteiger partial charge in [0.15, 0.2) is 0 Å². The predicted octanol–water partition coefficient (Wildman–Crippen LogP) is 1.95. The summed E-state index contributed by atoms with van der Waals surface area (Å²) in [5.41, 5.74) is 6.05. The van der Waals surface area contributed by atoms with Crippen LogP contribution in [-0.2, 0) is 4.79 Å². The molecule has 3 N–H and O–H groups in total. The number of carbonyl (C=O) groups excluding carboxylic acids is 1. The molecule has 0 aliphatic heterocycles. The number of nitrogens with one attached hydrogen (secondary N) is 1. The van der Waals surface area contributed by atoms with Gasteiger partial charge >= 0.3 is 0 Å². The Morgan fingerprint density at radius 1 is 1.38 bits per heavy atom. The van der Waals surface area contributed by atoms with Gasteiger partial charge in [0.05, 0.1) is 0 Å². The van der Waals surface area contributed by atoms with Gasteiger partial charge in [0.1, 0.15) is 0 Å². The largest absolute Gasteiger partial charge is 0.353 e. The van der Waals surface area contributed by atoms with Gasteiger partial charge in [0.2, 0.25) is 5.91 Å². The Kier molecular flexibility index (Phi) is 3.53. The number of carbonyl (C=O) groups is 1. The SMILES string of the molecule is CC(NC(=O)CC1(N)CCCCC1)C1CC1. The van der Waals surface area contributed by atoms with Gasteiger partial charge < -0.3 is 11.1 Å². The molecular formula is C13H24N2O. The number of rotatable bonds is 4. The van der Waals surface area contributed by atoms with Crippen molar-refractivity contribution in [2.75, 3.05) is 0 Å². The summed E-state index contributed by atoms with van der Waals surface area (Å²) in [7, 11) is 0. The van der Waals surface area contributed by atoms with Crippen molar-refractivity contribution in [3.8, 4) is 0 Å². The third-order valence-electron chi connectivity index (χ3n) is 4.08. The van der Waals surface area contributed by atoms with E-state index in [1.807, 2.05) is 0 Å². The summed E-state index contributed by atoms with van der Waals surface area (Å²) < 4.78 is 0. The molecule has 0 aromatic carbocycles. The van der Waals surface area contributed by atoms with E-state index in [0.29, 0.717) is 12.5 Å². The first-order valence-corrected chi connectivity index (χ1v) is 6.67. The molecule has 1 unspecified atom stereocenters. The highest BCUT2D eigenvalue weighted by Crippen LogP contribution is 2.33. The van der Waals surface area contributed by atoms with Crippen LogP contribution < -0.4 is 11.1 Å². The van der Waals surface area contributed by atoms with E-state index in [1.54, 1.807) is 0 Å². The van der Waals surface area contributed by atoms with E-state index in [0.717, 1.165) is 18.8 Å². The fourth-order valence-electron chi connectivity index (χ4n) is 2.77. The molecule has 2 rings (SSSR count). The van der Waals surface area contributed by atoms with E-state index in [-0.39, 0.29) is 11.4 Å². The molecule has 2 aliphatic carbocycles. The van der Waals surface area contributed by atoms with Crippen molar-refractivity contribution in [2.45, 2.75) is 69.9 Å². The highest BCUT2D eigenvalue weighted by Gasteiger charge is 2.33. The summed E-state index contributed by atoms with van der Waals surface area (Å²) in [6.45, 7) is 2.11. The van der Waals surface area contributed by atoms with Crippen LogP contribution in [0.15, 0.2) is 0 Å². The molecule has 0 aromatic rings. The molecule has 1 amide bonds. The summed E-state index contributed by atoms with van der Waals surface area (Å²) in [6, 6.07) is 0.347. The molecule has 0 bridgehead atoms. The van der Waals surface area contributed by atoms with Crippen molar-refractivity contribution in [3.05, 3.63) is 0 Å². The second-order valence-corrected chi connectivity index (χ2v) is 5.79. The van der Waals surface area contributed by atoms with Gasteiger partial charge in [0, 0.05) is 18.0 Å². The lowest BCUT2D eigenvalue weighted by molar-refractivity contribution is -0.123. The van der Waals surface area contributed by atoms with Crippen LogP contribution >= 0.6 is 0 Å². The molecule has 92 valence electrons. The molecule has 2 saturated carbocycles. The average Bonchev–Trinajstić information content (AvgIpc) is 3.00. The van der Waals surface area contributed by atoms with E-state index in [4.69, 9.17) is 5.73 Å². The van der Waals surface area contributed by atoms with Crippen LogP contribution in [0.1, 0.15) is 58.3 Å².